The Kier molecular flexibility index (Phi) is 7.74. The van der Waals surface area contributed by atoms with Crippen LogP contribution in [0, 0.1) is 0 Å². The van der Waals surface area contributed by atoms with Crippen molar-refractivity contribution >= 4 is 24.0 Å². The molecule has 1 aromatic carbocycles. The second kappa shape index (κ2) is 7.94. The number of alkyl halides is 3. The van der Waals surface area contributed by atoms with E-state index in [1.165, 1.54) is 6.07 Å². The van der Waals surface area contributed by atoms with Crippen molar-refractivity contribution in [3.8, 4) is 0 Å². The highest BCUT2D eigenvalue weighted by atomic mass is 35.5. The van der Waals surface area contributed by atoms with E-state index in [4.69, 9.17) is 23.1 Å². The zero-order valence-electron chi connectivity index (χ0n) is 10.2. The molecule has 0 aromatic heterocycles. The first-order valence-electron chi connectivity index (χ1n) is 5.68. The maximum absolute atomic E-state index is 12.6. The lowest BCUT2D eigenvalue weighted by Gasteiger charge is -2.16. The molecule has 1 rings (SSSR count). The minimum atomic E-state index is -4.38. The van der Waals surface area contributed by atoms with E-state index in [9.17, 15) is 13.2 Å². The van der Waals surface area contributed by atoms with Gasteiger partial charge >= 0.3 is 6.18 Å². The SMILES string of the molecule is Cl.NCCCC[C@H](N)c1cc(C(F)(F)F)ccc1Cl. The fraction of sp³-hybridized carbons (Fsp3) is 0.500. The summed E-state index contributed by atoms with van der Waals surface area (Å²) >= 11 is 5.88. The Hall–Kier alpha value is -0.490. The summed E-state index contributed by atoms with van der Waals surface area (Å²) in [6, 6.07) is 2.72. The lowest BCUT2D eigenvalue weighted by Crippen LogP contribution is -2.14. The summed E-state index contributed by atoms with van der Waals surface area (Å²) in [5.41, 5.74) is 10.8. The Labute approximate surface area is 121 Å². The third-order valence-electron chi connectivity index (χ3n) is 2.69. The molecule has 7 heteroatoms. The fourth-order valence-electron chi connectivity index (χ4n) is 1.67. The first-order valence-corrected chi connectivity index (χ1v) is 6.06. The minimum Gasteiger partial charge on any atom is -0.330 e. The van der Waals surface area contributed by atoms with Crippen LogP contribution in [-0.4, -0.2) is 6.54 Å². The van der Waals surface area contributed by atoms with Crippen LogP contribution >= 0.6 is 24.0 Å². The van der Waals surface area contributed by atoms with E-state index < -0.39 is 17.8 Å². The van der Waals surface area contributed by atoms with Gasteiger partial charge in [-0.3, -0.25) is 0 Å². The highest BCUT2D eigenvalue weighted by molar-refractivity contribution is 6.31. The van der Waals surface area contributed by atoms with Gasteiger partial charge < -0.3 is 11.5 Å². The summed E-state index contributed by atoms with van der Waals surface area (Å²) < 4.78 is 37.7. The number of unbranched alkanes of at least 4 members (excludes halogenated alkanes) is 1. The van der Waals surface area contributed by atoms with Crippen LogP contribution in [0.25, 0.3) is 0 Å². The van der Waals surface area contributed by atoms with Gasteiger partial charge in [0.2, 0.25) is 0 Å². The second-order valence-electron chi connectivity index (χ2n) is 4.13. The molecule has 0 aliphatic carbocycles. The molecule has 110 valence electrons. The molecule has 0 saturated carbocycles. The van der Waals surface area contributed by atoms with Gasteiger partial charge in [0.05, 0.1) is 5.56 Å². The maximum Gasteiger partial charge on any atom is 0.416 e. The fourth-order valence-corrected chi connectivity index (χ4v) is 1.93. The van der Waals surface area contributed by atoms with Crippen LogP contribution in [0.5, 0.6) is 0 Å². The van der Waals surface area contributed by atoms with E-state index in [0.717, 1.165) is 25.0 Å². The molecule has 0 bridgehead atoms. The van der Waals surface area contributed by atoms with Crippen LogP contribution in [0.3, 0.4) is 0 Å². The van der Waals surface area contributed by atoms with Gasteiger partial charge in [-0.1, -0.05) is 18.0 Å². The monoisotopic (exact) mass is 316 g/mol. The molecule has 0 saturated heterocycles. The molecule has 19 heavy (non-hydrogen) atoms. The lowest BCUT2D eigenvalue weighted by atomic mass is 9.99. The summed E-state index contributed by atoms with van der Waals surface area (Å²) in [4.78, 5) is 0. The molecule has 1 atom stereocenters. The lowest BCUT2D eigenvalue weighted by molar-refractivity contribution is -0.137. The Morgan fingerprint density at radius 3 is 2.37 bits per heavy atom. The highest BCUT2D eigenvalue weighted by Gasteiger charge is 2.31. The zero-order chi connectivity index (χ0) is 13.8. The third kappa shape index (κ3) is 5.57. The largest absolute Gasteiger partial charge is 0.416 e. The van der Waals surface area contributed by atoms with Crippen molar-refractivity contribution in [2.75, 3.05) is 6.54 Å². The molecule has 0 unspecified atom stereocenters. The van der Waals surface area contributed by atoms with Crippen LogP contribution in [0.15, 0.2) is 18.2 Å². The summed E-state index contributed by atoms with van der Waals surface area (Å²) in [6.07, 6.45) is -2.25. The number of nitrogens with two attached hydrogens (primary N) is 2. The number of halogens is 5. The normalized spacial score (nSPS) is 12.9. The number of benzene rings is 1. The quantitative estimate of drug-likeness (QED) is 0.809. The summed E-state index contributed by atoms with van der Waals surface area (Å²) in [5, 5.41) is 0.267. The van der Waals surface area contributed by atoms with Crippen LogP contribution in [0.2, 0.25) is 5.02 Å². The van der Waals surface area contributed by atoms with Gasteiger partial charge in [0.1, 0.15) is 0 Å². The minimum absolute atomic E-state index is 0. The molecule has 0 amide bonds. The summed E-state index contributed by atoms with van der Waals surface area (Å²) in [5.74, 6) is 0. The molecular weight excluding hydrogens is 300 g/mol. The van der Waals surface area contributed by atoms with E-state index in [2.05, 4.69) is 0 Å². The van der Waals surface area contributed by atoms with E-state index in [-0.39, 0.29) is 17.4 Å². The average molecular weight is 317 g/mol. The Balaban J connectivity index is 0.00000324. The molecule has 2 nitrogen and oxygen atoms in total. The molecule has 0 heterocycles. The van der Waals surface area contributed by atoms with Gasteiger partial charge in [-0.2, -0.15) is 13.2 Å². The van der Waals surface area contributed by atoms with Crippen molar-refractivity contribution in [3.63, 3.8) is 0 Å². The van der Waals surface area contributed by atoms with Gasteiger partial charge in [-0.05, 0) is 43.1 Å². The second-order valence-corrected chi connectivity index (χ2v) is 4.53. The van der Waals surface area contributed by atoms with Crippen molar-refractivity contribution in [2.24, 2.45) is 11.5 Å². The molecule has 0 fully saturated rings. The van der Waals surface area contributed by atoms with Crippen molar-refractivity contribution < 1.29 is 13.2 Å². The Bertz CT molecular complexity index is 397. The predicted octanol–water partition coefficient (Wildman–Crippen LogP) is 3.91. The van der Waals surface area contributed by atoms with Crippen molar-refractivity contribution in [3.05, 3.63) is 34.3 Å². The third-order valence-corrected chi connectivity index (χ3v) is 3.04. The molecular formula is C12H17Cl2F3N2. The smallest absolute Gasteiger partial charge is 0.330 e. The number of hydrogen-bond acceptors (Lipinski definition) is 2. The van der Waals surface area contributed by atoms with Crippen molar-refractivity contribution in [1.82, 2.24) is 0 Å². The van der Waals surface area contributed by atoms with Gasteiger partial charge in [0.25, 0.3) is 0 Å². The standard InChI is InChI=1S/C12H16ClF3N2.ClH/c13-10-5-4-8(12(14,15)16)7-9(10)11(18)3-1-2-6-17;/h4-5,7,11H,1-3,6,17-18H2;1H/t11-;/m0./s1. The Morgan fingerprint density at radius 1 is 1.21 bits per heavy atom. The first kappa shape index (κ1) is 18.5. The number of rotatable bonds is 5. The molecule has 4 N–H and O–H groups in total. The molecule has 0 aliphatic rings. The molecule has 1 aromatic rings. The van der Waals surface area contributed by atoms with E-state index in [1.807, 2.05) is 0 Å². The Morgan fingerprint density at radius 2 is 1.84 bits per heavy atom. The zero-order valence-corrected chi connectivity index (χ0v) is 11.8. The van der Waals surface area contributed by atoms with E-state index in [1.54, 1.807) is 0 Å². The number of hydrogen-bond donors (Lipinski definition) is 2. The van der Waals surface area contributed by atoms with Crippen molar-refractivity contribution in [1.29, 1.82) is 0 Å². The molecule has 0 radical (unpaired) electrons. The highest BCUT2D eigenvalue weighted by Crippen LogP contribution is 2.34. The van der Waals surface area contributed by atoms with Crippen LogP contribution in [0.4, 0.5) is 13.2 Å². The van der Waals surface area contributed by atoms with Gasteiger partial charge in [0, 0.05) is 11.1 Å². The molecule has 0 aliphatic heterocycles. The summed E-state index contributed by atoms with van der Waals surface area (Å²) in [7, 11) is 0. The van der Waals surface area contributed by atoms with Gasteiger partial charge in [-0.15, -0.1) is 12.4 Å². The maximum atomic E-state index is 12.6. The topological polar surface area (TPSA) is 52.0 Å². The van der Waals surface area contributed by atoms with Crippen LogP contribution in [0.1, 0.15) is 36.4 Å². The van der Waals surface area contributed by atoms with Gasteiger partial charge in [-0.25, -0.2) is 0 Å². The van der Waals surface area contributed by atoms with E-state index >= 15 is 0 Å². The van der Waals surface area contributed by atoms with E-state index in [0.29, 0.717) is 18.5 Å². The van der Waals surface area contributed by atoms with Crippen molar-refractivity contribution in [2.45, 2.75) is 31.5 Å². The average Bonchev–Trinajstić information content (AvgIpc) is 2.28. The van der Waals surface area contributed by atoms with Gasteiger partial charge in [0.15, 0.2) is 0 Å². The van der Waals surface area contributed by atoms with Crippen LogP contribution in [-0.2, 0) is 6.18 Å². The van der Waals surface area contributed by atoms with Crippen LogP contribution < -0.4 is 11.5 Å². The predicted molar refractivity (Wildman–Crippen MR) is 73.5 cm³/mol. The molecule has 0 spiro atoms. The first-order chi connectivity index (χ1) is 8.36. The summed E-state index contributed by atoms with van der Waals surface area (Å²) in [6.45, 7) is 0.545.